The van der Waals surface area contributed by atoms with Crippen LogP contribution in [-0.2, 0) is 0 Å². The third-order valence-corrected chi connectivity index (χ3v) is 2.07. The molecule has 0 saturated heterocycles. The second-order valence-corrected chi connectivity index (χ2v) is 3.21. The molecule has 74 valence electrons. The van der Waals surface area contributed by atoms with Crippen molar-refractivity contribution in [1.82, 2.24) is 14.4 Å². The lowest BCUT2D eigenvalue weighted by atomic mass is 10.3. The number of hydrogen-bond donors (Lipinski definition) is 2. The van der Waals surface area contributed by atoms with E-state index < -0.39 is 6.10 Å². The molecule has 2 aromatic rings. The highest BCUT2D eigenvalue weighted by molar-refractivity contribution is 5.40. The molecule has 0 fully saturated rings. The van der Waals surface area contributed by atoms with Crippen molar-refractivity contribution in [3.8, 4) is 0 Å². The SMILES string of the molecule is Cc1cc2nc(C(O)CN)cn2cn1. The van der Waals surface area contributed by atoms with E-state index in [1.807, 2.05) is 13.0 Å². The Morgan fingerprint density at radius 2 is 2.43 bits per heavy atom. The summed E-state index contributed by atoms with van der Waals surface area (Å²) in [6.07, 6.45) is 2.71. The highest BCUT2D eigenvalue weighted by atomic mass is 16.3. The van der Waals surface area contributed by atoms with Gasteiger partial charge in [-0.1, -0.05) is 0 Å². The Morgan fingerprint density at radius 1 is 1.64 bits per heavy atom. The van der Waals surface area contributed by atoms with Crippen LogP contribution >= 0.6 is 0 Å². The molecule has 0 amide bonds. The monoisotopic (exact) mass is 192 g/mol. The van der Waals surface area contributed by atoms with Crippen molar-refractivity contribution in [3.05, 3.63) is 30.0 Å². The summed E-state index contributed by atoms with van der Waals surface area (Å²) in [5.41, 5.74) is 7.60. The van der Waals surface area contributed by atoms with Crippen molar-refractivity contribution in [1.29, 1.82) is 0 Å². The predicted molar refractivity (Wildman–Crippen MR) is 51.7 cm³/mol. The van der Waals surface area contributed by atoms with Crippen molar-refractivity contribution in [3.63, 3.8) is 0 Å². The predicted octanol–water partition coefficient (Wildman–Crippen LogP) is 0.0298. The number of aromatic nitrogens is 3. The first-order valence-corrected chi connectivity index (χ1v) is 4.40. The highest BCUT2D eigenvalue weighted by Crippen LogP contribution is 2.11. The lowest BCUT2D eigenvalue weighted by molar-refractivity contribution is 0.182. The fraction of sp³-hybridized carbons (Fsp3) is 0.333. The molecule has 3 N–H and O–H groups in total. The van der Waals surface area contributed by atoms with Crippen molar-refractivity contribution in [2.45, 2.75) is 13.0 Å². The van der Waals surface area contributed by atoms with Gasteiger partial charge < -0.3 is 10.8 Å². The van der Waals surface area contributed by atoms with Crippen LogP contribution in [0.4, 0.5) is 0 Å². The van der Waals surface area contributed by atoms with E-state index in [1.54, 1.807) is 16.9 Å². The molecular weight excluding hydrogens is 180 g/mol. The van der Waals surface area contributed by atoms with Gasteiger partial charge in [-0.2, -0.15) is 0 Å². The van der Waals surface area contributed by atoms with Crippen LogP contribution in [-0.4, -0.2) is 26.0 Å². The Morgan fingerprint density at radius 3 is 3.14 bits per heavy atom. The maximum absolute atomic E-state index is 9.48. The summed E-state index contributed by atoms with van der Waals surface area (Å²) in [5, 5.41) is 9.48. The quantitative estimate of drug-likeness (QED) is 0.703. The second-order valence-electron chi connectivity index (χ2n) is 3.21. The summed E-state index contributed by atoms with van der Waals surface area (Å²) in [5.74, 6) is 0. The van der Waals surface area contributed by atoms with Crippen molar-refractivity contribution in [2.24, 2.45) is 5.73 Å². The molecule has 0 aliphatic heterocycles. The molecular formula is C9H12N4O. The van der Waals surface area contributed by atoms with Crippen molar-refractivity contribution >= 4 is 5.65 Å². The Kier molecular flexibility index (Phi) is 2.18. The van der Waals surface area contributed by atoms with E-state index in [4.69, 9.17) is 5.73 Å². The van der Waals surface area contributed by atoms with Gasteiger partial charge in [0.15, 0.2) is 0 Å². The van der Waals surface area contributed by atoms with Gasteiger partial charge in [-0.25, -0.2) is 9.97 Å². The fourth-order valence-electron chi connectivity index (χ4n) is 1.29. The topological polar surface area (TPSA) is 76.4 Å². The van der Waals surface area contributed by atoms with Gasteiger partial charge in [0.2, 0.25) is 0 Å². The van der Waals surface area contributed by atoms with E-state index in [9.17, 15) is 5.11 Å². The number of nitrogens with two attached hydrogens (primary N) is 1. The van der Waals surface area contributed by atoms with Crippen LogP contribution in [0.2, 0.25) is 0 Å². The van der Waals surface area contributed by atoms with Gasteiger partial charge in [0.1, 0.15) is 18.1 Å². The third kappa shape index (κ3) is 1.47. The summed E-state index contributed by atoms with van der Waals surface area (Å²) < 4.78 is 1.77. The number of fused-ring (bicyclic) bond motifs is 1. The summed E-state index contributed by atoms with van der Waals surface area (Å²) in [6.45, 7) is 2.07. The Bertz CT molecular complexity index is 451. The van der Waals surface area contributed by atoms with E-state index in [1.165, 1.54) is 0 Å². The van der Waals surface area contributed by atoms with Crippen LogP contribution in [0, 0.1) is 6.92 Å². The minimum atomic E-state index is -0.699. The molecule has 0 saturated carbocycles. The van der Waals surface area contributed by atoms with Gasteiger partial charge in [0.05, 0.1) is 5.69 Å². The maximum atomic E-state index is 9.48. The summed E-state index contributed by atoms with van der Waals surface area (Å²) in [4.78, 5) is 8.35. The lowest BCUT2D eigenvalue weighted by Crippen LogP contribution is -2.11. The number of hydrogen-bond acceptors (Lipinski definition) is 4. The molecule has 0 aliphatic rings. The molecule has 2 heterocycles. The van der Waals surface area contributed by atoms with Crippen molar-refractivity contribution in [2.75, 3.05) is 6.54 Å². The number of aliphatic hydroxyl groups excluding tert-OH is 1. The Labute approximate surface area is 81.2 Å². The number of aliphatic hydroxyl groups is 1. The largest absolute Gasteiger partial charge is 0.385 e. The molecule has 14 heavy (non-hydrogen) atoms. The second kappa shape index (κ2) is 3.36. The first-order valence-electron chi connectivity index (χ1n) is 4.40. The Balaban J connectivity index is 2.51. The molecule has 0 spiro atoms. The standard InChI is InChI=1S/C9H12N4O/c1-6-2-9-12-7(8(14)3-10)4-13(9)5-11-6/h2,4-5,8,14H,3,10H2,1H3. The van der Waals surface area contributed by atoms with Crippen LogP contribution in [0.5, 0.6) is 0 Å². The van der Waals surface area contributed by atoms with E-state index in [0.29, 0.717) is 5.69 Å². The summed E-state index contributed by atoms with van der Waals surface area (Å²) >= 11 is 0. The molecule has 5 nitrogen and oxygen atoms in total. The first-order chi connectivity index (χ1) is 6.70. The normalized spacial score (nSPS) is 13.4. The molecule has 2 rings (SSSR count). The lowest BCUT2D eigenvalue weighted by Gasteiger charge is -2.00. The molecule has 1 atom stereocenters. The minimum Gasteiger partial charge on any atom is -0.385 e. The molecule has 1 unspecified atom stereocenters. The van der Waals surface area contributed by atoms with Gasteiger partial charge >= 0.3 is 0 Å². The highest BCUT2D eigenvalue weighted by Gasteiger charge is 2.09. The van der Waals surface area contributed by atoms with Crippen molar-refractivity contribution < 1.29 is 5.11 Å². The van der Waals surface area contributed by atoms with Gasteiger partial charge in [-0.05, 0) is 6.92 Å². The number of aryl methyl sites for hydroxylation is 1. The van der Waals surface area contributed by atoms with Gasteiger partial charge in [0, 0.05) is 24.5 Å². The van der Waals surface area contributed by atoms with Crippen LogP contribution < -0.4 is 5.73 Å². The van der Waals surface area contributed by atoms with Gasteiger partial charge in [-0.15, -0.1) is 0 Å². The van der Waals surface area contributed by atoms with E-state index in [0.717, 1.165) is 11.3 Å². The number of nitrogens with zero attached hydrogens (tertiary/aromatic N) is 3. The zero-order valence-electron chi connectivity index (χ0n) is 7.88. The summed E-state index contributed by atoms with van der Waals surface area (Å²) in [7, 11) is 0. The molecule has 2 aromatic heterocycles. The Hall–Kier alpha value is -1.46. The smallest absolute Gasteiger partial charge is 0.140 e. The van der Waals surface area contributed by atoms with Gasteiger partial charge in [-0.3, -0.25) is 4.40 Å². The van der Waals surface area contributed by atoms with Crippen LogP contribution in [0.1, 0.15) is 17.5 Å². The number of imidazole rings is 1. The van der Waals surface area contributed by atoms with E-state index >= 15 is 0 Å². The summed E-state index contributed by atoms with van der Waals surface area (Å²) in [6, 6.07) is 1.85. The first kappa shape index (κ1) is 9.11. The van der Waals surface area contributed by atoms with Gasteiger partial charge in [0.25, 0.3) is 0 Å². The average molecular weight is 192 g/mol. The maximum Gasteiger partial charge on any atom is 0.140 e. The van der Waals surface area contributed by atoms with Crippen LogP contribution in [0.3, 0.4) is 0 Å². The molecule has 0 aliphatic carbocycles. The van der Waals surface area contributed by atoms with Crippen LogP contribution in [0.25, 0.3) is 5.65 Å². The third-order valence-electron chi connectivity index (χ3n) is 2.07. The van der Waals surface area contributed by atoms with E-state index in [-0.39, 0.29) is 6.54 Å². The molecule has 0 radical (unpaired) electrons. The van der Waals surface area contributed by atoms with E-state index in [2.05, 4.69) is 9.97 Å². The fourth-order valence-corrected chi connectivity index (χ4v) is 1.29. The molecule has 0 bridgehead atoms. The minimum absolute atomic E-state index is 0.177. The molecule has 5 heteroatoms. The average Bonchev–Trinajstić information content (AvgIpc) is 2.59. The zero-order valence-corrected chi connectivity index (χ0v) is 7.88. The molecule has 0 aromatic carbocycles. The number of rotatable bonds is 2. The zero-order chi connectivity index (χ0) is 10.1. The van der Waals surface area contributed by atoms with Crippen LogP contribution in [0.15, 0.2) is 18.6 Å².